The van der Waals surface area contributed by atoms with Crippen molar-refractivity contribution in [1.82, 2.24) is 0 Å². The maximum absolute atomic E-state index is 13.4. The number of nitrogens with one attached hydrogen (secondary N) is 2. The normalized spacial score (nSPS) is 11.5. The van der Waals surface area contributed by atoms with Gasteiger partial charge in [0.1, 0.15) is 43.6 Å². The van der Waals surface area contributed by atoms with E-state index in [0.29, 0.717) is 68.8 Å². The average Bonchev–Trinajstić information content (AvgIpc) is 3.35. The third-order valence-corrected chi connectivity index (χ3v) is 13.7. The summed E-state index contributed by atoms with van der Waals surface area (Å²) in [6, 6.07) is 35.2. The molecule has 0 aliphatic heterocycles. The molecule has 2 amide bonds. The van der Waals surface area contributed by atoms with Gasteiger partial charge in [0.05, 0.1) is 39.4 Å². The molecule has 0 bridgehead atoms. The largest absolute Gasteiger partial charge is 2.00 e. The molecule has 23 heteroatoms. The van der Waals surface area contributed by atoms with Crippen molar-refractivity contribution in [3.8, 4) is 23.0 Å². The maximum atomic E-state index is 13.4. The van der Waals surface area contributed by atoms with Gasteiger partial charge >= 0.3 is 48.9 Å². The SMILES string of the molecule is CCOc1ccc(NC(=O)c2cc3ccccc3c(N=Nc3c(C)ccc(S(=O)(=O)O)c3Cl)c2O)cc1.CCOc1ccc(NC(=O)c2cc3ccccc3c(N=Nc3c(C)ccc(S(=O)(=O)[O-])c3Cl)c2[O-])cc1.[Ba+2]. The van der Waals surface area contributed by atoms with Crippen molar-refractivity contribution in [2.75, 3.05) is 23.8 Å². The Kier molecular flexibility index (Phi) is 19.3. The summed E-state index contributed by atoms with van der Waals surface area (Å²) in [6.45, 7) is 7.97. The first kappa shape index (κ1) is 57.9. The molecule has 0 aliphatic rings. The van der Waals surface area contributed by atoms with Gasteiger partial charge in [-0.15, -0.1) is 15.3 Å². The molecule has 0 radical (unpaired) electrons. The van der Waals surface area contributed by atoms with E-state index in [-0.39, 0.29) is 87.8 Å². The van der Waals surface area contributed by atoms with Crippen LogP contribution in [-0.4, -0.2) is 105 Å². The molecule has 0 spiro atoms. The molecule has 8 rings (SSSR count). The van der Waals surface area contributed by atoms with Crippen LogP contribution < -0.4 is 25.2 Å². The molecule has 380 valence electrons. The van der Waals surface area contributed by atoms with Gasteiger partial charge in [-0.05, 0) is 122 Å². The maximum Gasteiger partial charge on any atom is 2.00 e. The third kappa shape index (κ3) is 13.7. The van der Waals surface area contributed by atoms with Gasteiger partial charge in [0, 0.05) is 27.7 Å². The van der Waals surface area contributed by atoms with Crippen LogP contribution in [0.15, 0.2) is 164 Å². The fraction of sp³-hybridized carbons (Fsp3) is 0.115. The molecule has 0 saturated heterocycles. The Morgan fingerprint density at radius 1 is 0.587 bits per heavy atom. The van der Waals surface area contributed by atoms with Crippen LogP contribution in [-0.2, 0) is 20.2 Å². The number of azo groups is 2. The first-order valence-electron chi connectivity index (χ1n) is 22.1. The molecule has 0 aromatic heterocycles. The van der Waals surface area contributed by atoms with E-state index in [1.165, 1.54) is 24.3 Å². The van der Waals surface area contributed by atoms with Gasteiger partial charge in [0.2, 0.25) is 0 Å². The Hall–Kier alpha value is -6.41. The topological polar surface area (TPSA) is 281 Å². The Morgan fingerprint density at radius 2 is 0.987 bits per heavy atom. The first-order valence-corrected chi connectivity index (χ1v) is 25.7. The van der Waals surface area contributed by atoms with Crippen LogP contribution in [0.3, 0.4) is 0 Å². The second-order valence-electron chi connectivity index (χ2n) is 15.9. The number of halogens is 2. The van der Waals surface area contributed by atoms with Crippen molar-refractivity contribution in [3.63, 3.8) is 0 Å². The third-order valence-electron chi connectivity index (χ3n) is 10.9. The van der Waals surface area contributed by atoms with Gasteiger partial charge in [0.15, 0.2) is 5.75 Å². The number of benzene rings is 8. The number of amides is 2. The zero-order chi connectivity index (χ0) is 53.5. The van der Waals surface area contributed by atoms with E-state index in [2.05, 4.69) is 31.1 Å². The van der Waals surface area contributed by atoms with Gasteiger partial charge in [-0.2, -0.15) is 13.5 Å². The summed E-state index contributed by atoms with van der Waals surface area (Å²) < 4.78 is 78.1. The number of phenolic OH excluding ortho intramolecular Hbond substituents is 1. The molecule has 0 atom stereocenters. The van der Waals surface area contributed by atoms with Gasteiger partial charge in [-0.3, -0.25) is 14.1 Å². The number of anilines is 2. The molecule has 0 fully saturated rings. The van der Waals surface area contributed by atoms with Crippen LogP contribution in [0.4, 0.5) is 34.1 Å². The molecule has 0 unspecified atom stereocenters. The van der Waals surface area contributed by atoms with E-state index in [0.717, 1.165) is 12.1 Å². The summed E-state index contributed by atoms with van der Waals surface area (Å²) in [4.78, 5) is 25.0. The Bertz CT molecular complexity index is 3530. The van der Waals surface area contributed by atoms with Crippen molar-refractivity contribution < 1.29 is 55.2 Å². The molecule has 0 heterocycles. The van der Waals surface area contributed by atoms with Gasteiger partial charge in [0.25, 0.3) is 21.9 Å². The van der Waals surface area contributed by atoms with Crippen LogP contribution in [0, 0.1) is 13.8 Å². The second-order valence-corrected chi connectivity index (χ2v) is 19.4. The standard InChI is InChI=1S/2C26H22ClN3O6S.Ba/c2*1-3-36-18-11-9-17(10-12-18)28-26(32)20-14-16-6-4-5-7-19(16)24(25(20)31)30-29-23-15(2)8-13-21(22(23)27)37(33,34)35;/h2*4-14,31H,3H2,1-2H3,(H,28,32)(H,33,34,35);/q;;+2/p-2. The van der Waals surface area contributed by atoms with E-state index in [1.54, 1.807) is 111 Å². The van der Waals surface area contributed by atoms with Crippen molar-refractivity contribution in [2.24, 2.45) is 20.5 Å². The summed E-state index contributed by atoms with van der Waals surface area (Å²) in [5.41, 5.74) is 1.42. The molecule has 0 aliphatic carbocycles. The van der Waals surface area contributed by atoms with Crippen LogP contribution in [0.2, 0.25) is 10.0 Å². The molecular weight excluding hydrogens is 1170 g/mol. The number of carbonyl (C=O) groups is 2. The average molecular weight is 1220 g/mol. The minimum absolute atomic E-state index is 0. The van der Waals surface area contributed by atoms with Crippen molar-refractivity contribution in [3.05, 3.63) is 166 Å². The summed E-state index contributed by atoms with van der Waals surface area (Å²) in [7, 11) is -9.45. The minimum atomic E-state index is -4.86. The van der Waals surface area contributed by atoms with E-state index >= 15 is 0 Å². The molecule has 0 saturated carbocycles. The van der Waals surface area contributed by atoms with Gasteiger partial charge in [-0.1, -0.05) is 89.6 Å². The summed E-state index contributed by atoms with van der Waals surface area (Å²) in [5, 5.41) is 47.5. The number of phenols is 1. The number of carbonyl (C=O) groups excluding carboxylic acids is 2. The number of rotatable bonds is 14. The van der Waals surface area contributed by atoms with E-state index in [1.807, 2.05) is 13.8 Å². The van der Waals surface area contributed by atoms with Crippen molar-refractivity contribution >= 4 is 160 Å². The second kappa shape index (κ2) is 25.0. The van der Waals surface area contributed by atoms with Gasteiger partial charge in [-0.25, -0.2) is 8.42 Å². The fourth-order valence-corrected chi connectivity index (χ4v) is 9.48. The molecule has 18 nitrogen and oxygen atoms in total. The number of hydrogen-bond acceptors (Lipinski definition) is 15. The van der Waals surface area contributed by atoms with E-state index in [9.17, 15) is 45.7 Å². The van der Waals surface area contributed by atoms with Crippen LogP contribution >= 0.6 is 23.2 Å². The summed E-state index contributed by atoms with van der Waals surface area (Å²) >= 11 is 12.3. The van der Waals surface area contributed by atoms with Crippen molar-refractivity contribution in [2.45, 2.75) is 37.5 Å². The van der Waals surface area contributed by atoms with E-state index in [4.69, 9.17) is 32.7 Å². The molecule has 8 aromatic rings. The number of nitrogens with zero attached hydrogens (tertiary/aromatic N) is 4. The molecule has 75 heavy (non-hydrogen) atoms. The predicted molar refractivity (Wildman–Crippen MR) is 284 cm³/mol. The molecule has 4 N–H and O–H groups in total. The summed E-state index contributed by atoms with van der Waals surface area (Å²) in [6.07, 6.45) is 0. The van der Waals surface area contributed by atoms with Crippen molar-refractivity contribution in [1.29, 1.82) is 0 Å². The zero-order valence-electron chi connectivity index (χ0n) is 40.2. The number of ether oxygens (including phenoxy) is 2. The Labute approximate surface area is 481 Å². The molecule has 8 aromatic carbocycles. The quantitative estimate of drug-likeness (QED) is 0.0449. The van der Waals surface area contributed by atoms with Crippen LogP contribution in [0.1, 0.15) is 45.7 Å². The zero-order valence-corrected chi connectivity index (χ0v) is 47.7. The number of aryl methyl sites for hydroxylation is 2. The van der Waals surface area contributed by atoms with Crippen LogP contribution in [0.5, 0.6) is 23.0 Å². The predicted octanol–water partition coefficient (Wildman–Crippen LogP) is 12.3. The summed E-state index contributed by atoms with van der Waals surface area (Å²) in [5.74, 6) is -1.04. The smallest absolute Gasteiger partial charge is 0.870 e. The number of fused-ring (bicyclic) bond motifs is 2. The Balaban J connectivity index is 0.000000241. The van der Waals surface area contributed by atoms with Crippen LogP contribution in [0.25, 0.3) is 21.5 Å². The monoisotopic (exact) mass is 1210 g/mol. The van der Waals surface area contributed by atoms with Gasteiger partial charge < -0.3 is 34.9 Å². The van der Waals surface area contributed by atoms with E-state index < -0.39 is 58.4 Å². The molecular formula is C52H42BaCl2N6O12S2. The number of hydrogen-bond donors (Lipinski definition) is 4. The first-order chi connectivity index (χ1) is 35.2. The minimum Gasteiger partial charge on any atom is -0.870 e. The number of aromatic hydroxyl groups is 1. The fourth-order valence-electron chi connectivity index (χ4n) is 7.29. The Morgan fingerprint density at radius 3 is 1.45 bits per heavy atom.